The van der Waals surface area contributed by atoms with Gasteiger partial charge in [0.1, 0.15) is 22.9 Å². The van der Waals surface area contributed by atoms with Gasteiger partial charge < -0.3 is 14.0 Å². The van der Waals surface area contributed by atoms with Crippen LogP contribution in [0, 0.1) is 66.0 Å². The maximum absolute atomic E-state index is 7.36. The van der Waals surface area contributed by atoms with Gasteiger partial charge >= 0.3 is 21.1 Å². The second-order valence-electron chi connectivity index (χ2n) is 22.0. The Balaban J connectivity index is 0.00000518. The molecule has 7 aromatic rings. The van der Waals surface area contributed by atoms with Crippen LogP contribution < -0.4 is 4.74 Å². The Morgan fingerprint density at radius 3 is 2.05 bits per heavy atom. The van der Waals surface area contributed by atoms with Crippen LogP contribution in [-0.4, -0.2) is 21.0 Å². The summed E-state index contributed by atoms with van der Waals surface area (Å²) in [6, 6.07) is 30.5. The largest absolute Gasteiger partial charge is 2.00 e. The topological polar surface area (TPSA) is 48.6 Å². The molecule has 64 heavy (non-hydrogen) atoms. The molecule has 0 unspecified atom stereocenters. The van der Waals surface area contributed by atoms with Crippen LogP contribution in [-0.2, 0) is 48.6 Å². The van der Waals surface area contributed by atoms with Gasteiger partial charge in [-0.3, -0.25) is 4.99 Å². The fourth-order valence-electron chi connectivity index (χ4n) is 11.4. The molecule has 0 spiro atoms. The van der Waals surface area contributed by atoms with Crippen molar-refractivity contribution in [3.63, 3.8) is 0 Å². The SMILES string of the molecule is Cc1cc(C)c(-c2cc(Oc3[c-]c4c(cc3C)c3cc(C(C)(C)C)cc5c3n4-c3ncc(C)cc3C5(C)C)[c-]c(C3=N[C@]4(C)c5cc(C)c(C)cc5C[C@]4(C(C)(C)C)O3)c2)c(C)c1.[Pt+2]. The predicted molar refractivity (Wildman–Crippen MR) is 259 cm³/mol. The number of aliphatic imine (C=N–C) groups is 1. The Kier molecular flexibility index (Phi) is 9.85. The van der Waals surface area contributed by atoms with Gasteiger partial charge in [0.05, 0.1) is 0 Å². The zero-order chi connectivity index (χ0) is 45.1. The van der Waals surface area contributed by atoms with E-state index in [0.29, 0.717) is 17.4 Å². The van der Waals surface area contributed by atoms with Gasteiger partial charge in [-0.15, -0.1) is 23.1 Å². The smallest absolute Gasteiger partial charge is 0.510 e. The van der Waals surface area contributed by atoms with Gasteiger partial charge in [-0.05, 0) is 121 Å². The summed E-state index contributed by atoms with van der Waals surface area (Å²) in [7, 11) is 0. The van der Waals surface area contributed by atoms with E-state index in [4.69, 9.17) is 19.5 Å². The summed E-state index contributed by atoms with van der Waals surface area (Å²) < 4.78 is 16.8. The predicted octanol–water partition coefficient (Wildman–Crippen LogP) is 14.4. The third kappa shape index (κ3) is 6.26. The van der Waals surface area contributed by atoms with Crippen LogP contribution >= 0.6 is 0 Å². The third-order valence-electron chi connectivity index (χ3n) is 15.0. The van der Waals surface area contributed by atoms with Crippen LogP contribution in [0.25, 0.3) is 38.8 Å². The van der Waals surface area contributed by atoms with E-state index in [0.717, 1.165) is 45.4 Å². The van der Waals surface area contributed by atoms with E-state index in [1.165, 1.54) is 72.1 Å². The molecule has 1 aliphatic carbocycles. The maximum Gasteiger partial charge on any atom is 2.00 e. The summed E-state index contributed by atoms with van der Waals surface area (Å²) in [5.74, 6) is 2.79. The van der Waals surface area contributed by atoms with Gasteiger partial charge in [-0.2, -0.15) is 6.07 Å². The van der Waals surface area contributed by atoms with Crippen molar-refractivity contribution >= 4 is 27.7 Å². The number of rotatable bonds is 4. The van der Waals surface area contributed by atoms with Crippen LogP contribution in [0.2, 0.25) is 0 Å². The average molecular weight is 1030 g/mol. The van der Waals surface area contributed by atoms with E-state index < -0.39 is 11.1 Å². The Labute approximate surface area is 395 Å². The summed E-state index contributed by atoms with van der Waals surface area (Å²) >= 11 is 0. The van der Waals surface area contributed by atoms with Gasteiger partial charge in [0, 0.05) is 46.0 Å². The monoisotopic (exact) mass is 1030 g/mol. The number of aryl methyl sites for hydroxylation is 7. The zero-order valence-corrected chi connectivity index (χ0v) is 42.8. The molecule has 0 saturated heterocycles. The van der Waals surface area contributed by atoms with Crippen molar-refractivity contribution < 1.29 is 30.5 Å². The summed E-state index contributed by atoms with van der Waals surface area (Å²) in [5, 5.41) is 2.36. The molecule has 5 nitrogen and oxygen atoms in total. The van der Waals surface area contributed by atoms with Crippen LogP contribution in [0.15, 0.2) is 71.9 Å². The molecular weight excluding hydrogens is 966 g/mol. The van der Waals surface area contributed by atoms with Gasteiger partial charge in [0.25, 0.3) is 0 Å². The van der Waals surface area contributed by atoms with Crippen molar-refractivity contribution in [3.05, 3.63) is 151 Å². The van der Waals surface area contributed by atoms with Gasteiger partial charge in [-0.25, -0.2) is 4.98 Å². The molecule has 4 heterocycles. The molecule has 10 rings (SSSR count). The first-order chi connectivity index (χ1) is 29.4. The van der Waals surface area contributed by atoms with Crippen molar-refractivity contribution in [3.8, 4) is 28.4 Å². The first-order valence-corrected chi connectivity index (χ1v) is 22.7. The fraction of sp³-hybridized carbons (Fsp3) is 0.379. The average Bonchev–Trinajstić information content (AvgIpc) is 3.75. The first-order valence-electron chi connectivity index (χ1n) is 22.7. The second kappa shape index (κ2) is 14.3. The number of pyridine rings is 1. The van der Waals surface area contributed by atoms with Gasteiger partial charge in [0.2, 0.25) is 0 Å². The minimum absolute atomic E-state index is 0. The standard InChI is InChI=1S/C58H61N3O2.Pt/c1-31-17-36(6)50(37(7)18-31)38-23-39(53-60-57(16)45-22-34(4)33(3)20-40(45)29-58(57,63-53)55(11,12)13)25-42(24-38)62-49-28-48-43(21-35(49)5)44-26-41(54(8,9)10)27-46-51(44)61(48)52-47(56(46,14)15)19-32(2)30-59-52;/h17-24,26-27,30H,29H2,1-16H3;/q-2;+2/t57-,58-;/m1./s1. The summed E-state index contributed by atoms with van der Waals surface area (Å²) in [4.78, 5) is 10.8. The Bertz CT molecular complexity index is 3170. The minimum atomic E-state index is -0.591. The summed E-state index contributed by atoms with van der Waals surface area (Å²) in [6.45, 7) is 35.9. The van der Waals surface area contributed by atoms with Crippen molar-refractivity contribution in [1.82, 2.24) is 9.55 Å². The number of nitrogens with zero attached hydrogens (tertiary/aromatic N) is 3. The van der Waals surface area contributed by atoms with E-state index in [9.17, 15) is 0 Å². The summed E-state index contributed by atoms with van der Waals surface area (Å²) in [5.41, 5.74) is 18.2. The van der Waals surface area contributed by atoms with E-state index in [-0.39, 0.29) is 37.3 Å². The van der Waals surface area contributed by atoms with Crippen molar-refractivity contribution in [2.45, 2.75) is 139 Å². The number of benzene rings is 5. The quantitative estimate of drug-likeness (QED) is 0.165. The Morgan fingerprint density at radius 2 is 1.38 bits per heavy atom. The van der Waals surface area contributed by atoms with Crippen molar-refractivity contribution in [2.24, 2.45) is 10.4 Å². The molecule has 0 amide bonds. The summed E-state index contributed by atoms with van der Waals surface area (Å²) in [6.07, 6.45) is 2.77. The molecule has 0 fully saturated rings. The molecule has 0 saturated carbocycles. The third-order valence-corrected chi connectivity index (χ3v) is 15.0. The molecule has 0 N–H and O–H groups in total. The molecule has 2 aliphatic heterocycles. The van der Waals surface area contributed by atoms with Crippen LogP contribution in [0.4, 0.5) is 0 Å². The van der Waals surface area contributed by atoms with E-state index in [2.05, 4.69) is 188 Å². The molecule has 3 aliphatic rings. The molecule has 2 atom stereocenters. The van der Waals surface area contributed by atoms with E-state index >= 15 is 0 Å². The number of hydrogen-bond donors (Lipinski definition) is 0. The van der Waals surface area contributed by atoms with Crippen molar-refractivity contribution in [1.29, 1.82) is 0 Å². The number of aromatic nitrogens is 2. The molecule has 5 aromatic carbocycles. The zero-order valence-electron chi connectivity index (χ0n) is 40.5. The van der Waals surface area contributed by atoms with Crippen LogP contribution in [0.5, 0.6) is 11.5 Å². The molecule has 2 aromatic heterocycles. The Hall–Kier alpha value is -4.99. The van der Waals surface area contributed by atoms with E-state index in [1.807, 2.05) is 6.20 Å². The van der Waals surface area contributed by atoms with Crippen molar-refractivity contribution in [2.75, 3.05) is 0 Å². The molecular formula is C58H61N3O2Pt. The minimum Gasteiger partial charge on any atom is -0.510 e. The van der Waals surface area contributed by atoms with E-state index in [1.54, 1.807) is 0 Å². The number of fused-ring (bicyclic) bond motifs is 8. The molecule has 6 heteroatoms. The number of ether oxygens (including phenoxy) is 2. The van der Waals surface area contributed by atoms with Crippen LogP contribution in [0.1, 0.15) is 135 Å². The molecule has 0 radical (unpaired) electrons. The molecule has 330 valence electrons. The first kappa shape index (κ1) is 44.2. The van der Waals surface area contributed by atoms with Gasteiger partial charge in [0.15, 0.2) is 0 Å². The van der Waals surface area contributed by atoms with Gasteiger partial charge in [-0.1, -0.05) is 133 Å². The normalized spacial score (nSPS) is 19.5. The fourth-order valence-corrected chi connectivity index (χ4v) is 11.4. The Morgan fingerprint density at radius 1 is 0.688 bits per heavy atom. The number of hydrogen-bond acceptors (Lipinski definition) is 4. The van der Waals surface area contributed by atoms with Crippen LogP contribution in [0.3, 0.4) is 0 Å². The maximum atomic E-state index is 7.36. The second-order valence-corrected chi connectivity index (χ2v) is 22.0. The molecule has 0 bridgehead atoms.